The number of carbonyl (C=O) groups is 2. The highest BCUT2D eigenvalue weighted by atomic mass is 16.5. The zero-order chi connectivity index (χ0) is 14.2. The number of ether oxygens (including phenoxy) is 1. The summed E-state index contributed by atoms with van der Waals surface area (Å²) in [6.45, 7) is 3.92. The van der Waals surface area contributed by atoms with E-state index >= 15 is 0 Å². The molecule has 19 heavy (non-hydrogen) atoms. The lowest BCUT2D eigenvalue weighted by Gasteiger charge is -2.27. The fraction of sp³-hybridized carbons (Fsp3) is 0.429. The zero-order valence-electron chi connectivity index (χ0n) is 11.2. The summed E-state index contributed by atoms with van der Waals surface area (Å²) < 4.78 is 5.12. The molecule has 102 valence electrons. The molecule has 1 heterocycles. The smallest absolute Gasteiger partial charge is 0.326 e. The fourth-order valence-electron chi connectivity index (χ4n) is 2.45. The van der Waals surface area contributed by atoms with Gasteiger partial charge in [0.2, 0.25) is 0 Å². The summed E-state index contributed by atoms with van der Waals surface area (Å²) in [6, 6.07) is 4.39. The van der Waals surface area contributed by atoms with E-state index < -0.39 is 12.0 Å². The second kappa shape index (κ2) is 4.91. The maximum absolute atomic E-state index is 12.3. The summed E-state index contributed by atoms with van der Waals surface area (Å²) in [7, 11) is 1.56. The molecule has 0 saturated carbocycles. The van der Waals surface area contributed by atoms with Gasteiger partial charge in [-0.3, -0.25) is 4.79 Å². The van der Waals surface area contributed by atoms with Gasteiger partial charge in [0.05, 0.1) is 7.11 Å². The Morgan fingerprint density at radius 2 is 2.11 bits per heavy atom. The van der Waals surface area contributed by atoms with Crippen LogP contribution in [0.15, 0.2) is 18.2 Å². The van der Waals surface area contributed by atoms with E-state index in [0.29, 0.717) is 17.9 Å². The van der Waals surface area contributed by atoms with Gasteiger partial charge in [-0.15, -0.1) is 0 Å². The number of rotatable bonds is 4. The lowest BCUT2D eigenvalue weighted by molar-refractivity contribution is -0.144. The Hall–Kier alpha value is -2.04. The number of nitrogens with zero attached hydrogens (tertiary/aromatic N) is 1. The Labute approximate surface area is 111 Å². The number of fused-ring (bicyclic) bond motifs is 1. The zero-order valence-corrected chi connectivity index (χ0v) is 11.2. The third-order valence-corrected chi connectivity index (χ3v) is 3.36. The van der Waals surface area contributed by atoms with Crippen molar-refractivity contribution >= 4 is 11.9 Å². The topological polar surface area (TPSA) is 66.8 Å². The minimum atomic E-state index is -0.969. The van der Waals surface area contributed by atoms with Crippen molar-refractivity contribution in [1.29, 1.82) is 0 Å². The summed E-state index contributed by atoms with van der Waals surface area (Å²) in [5.41, 5.74) is 1.38. The molecule has 5 nitrogen and oxygen atoms in total. The Bertz CT molecular complexity index is 524. The first kappa shape index (κ1) is 13.4. The van der Waals surface area contributed by atoms with E-state index in [2.05, 4.69) is 0 Å². The Kier molecular flexibility index (Phi) is 3.46. The van der Waals surface area contributed by atoms with Crippen LogP contribution in [0.3, 0.4) is 0 Å². The molecule has 1 aromatic rings. The van der Waals surface area contributed by atoms with Crippen molar-refractivity contribution in [2.75, 3.05) is 7.11 Å². The number of benzene rings is 1. The minimum absolute atomic E-state index is 0.141. The number of carboxylic acid groups (broad SMARTS) is 1. The highest BCUT2D eigenvalue weighted by Gasteiger charge is 2.38. The highest BCUT2D eigenvalue weighted by Crippen LogP contribution is 2.29. The summed E-state index contributed by atoms with van der Waals surface area (Å²) in [6.07, 6.45) is 0. The Balaban J connectivity index is 2.34. The van der Waals surface area contributed by atoms with Crippen molar-refractivity contribution in [2.24, 2.45) is 5.92 Å². The molecule has 0 aliphatic carbocycles. The second-order valence-corrected chi connectivity index (χ2v) is 4.98. The molecule has 0 unspecified atom stereocenters. The van der Waals surface area contributed by atoms with Crippen molar-refractivity contribution in [3.05, 3.63) is 29.3 Å². The number of carboxylic acids is 1. The third kappa shape index (κ3) is 2.28. The molecule has 0 bridgehead atoms. The van der Waals surface area contributed by atoms with Crippen LogP contribution < -0.4 is 4.74 Å². The van der Waals surface area contributed by atoms with Crippen LogP contribution >= 0.6 is 0 Å². The van der Waals surface area contributed by atoms with Gasteiger partial charge in [0, 0.05) is 12.1 Å². The molecule has 1 amide bonds. The first-order chi connectivity index (χ1) is 8.95. The van der Waals surface area contributed by atoms with E-state index in [0.717, 1.165) is 5.56 Å². The molecule has 2 rings (SSSR count). The second-order valence-electron chi connectivity index (χ2n) is 4.98. The Morgan fingerprint density at radius 1 is 1.42 bits per heavy atom. The summed E-state index contributed by atoms with van der Waals surface area (Å²) >= 11 is 0. The molecule has 1 aliphatic rings. The van der Waals surface area contributed by atoms with Crippen LogP contribution in [0.1, 0.15) is 29.8 Å². The summed E-state index contributed by atoms with van der Waals surface area (Å²) in [5, 5.41) is 9.28. The summed E-state index contributed by atoms with van der Waals surface area (Å²) in [5.74, 6) is -0.663. The van der Waals surface area contributed by atoms with Gasteiger partial charge in [-0.25, -0.2) is 4.79 Å². The van der Waals surface area contributed by atoms with Crippen molar-refractivity contribution in [1.82, 2.24) is 4.90 Å². The average molecular weight is 263 g/mol. The van der Waals surface area contributed by atoms with Crippen molar-refractivity contribution in [2.45, 2.75) is 26.4 Å². The predicted molar refractivity (Wildman–Crippen MR) is 69.1 cm³/mol. The number of aliphatic carboxylic acids is 1. The molecule has 0 saturated heterocycles. The van der Waals surface area contributed by atoms with E-state index in [9.17, 15) is 14.7 Å². The normalized spacial score (nSPS) is 15.6. The molecular formula is C14H17NO4. The highest BCUT2D eigenvalue weighted by molar-refractivity contribution is 6.00. The maximum Gasteiger partial charge on any atom is 0.326 e. The summed E-state index contributed by atoms with van der Waals surface area (Å²) in [4.78, 5) is 25.0. The first-order valence-corrected chi connectivity index (χ1v) is 6.16. The van der Waals surface area contributed by atoms with E-state index in [1.807, 2.05) is 0 Å². The largest absolute Gasteiger partial charge is 0.497 e. The van der Waals surface area contributed by atoms with Gasteiger partial charge in [-0.05, 0) is 29.7 Å². The number of amides is 1. The van der Waals surface area contributed by atoms with Gasteiger partial charge in [-0.2, -0.15) is 0 Å². The quantitative estimate of drug-likeness (QED) is 0.898. The van der Waals surface area contributed by atoms with Gasteiger partial charge in [-0.1, -0.05) is 13.8 Å². The van der Waals surface area contributed by atoms with Crippen molar-refractivity contribution < 1.29 is 19.4 Å². The van der Waals surface area contributed by atoms with Crippen LogP contribution in [0.5, 0.6) is 5.75 Å². The lowest BCUT2D eigenvalue weighted by atomic mass is 10.0. The third-order valence-electron chi connectivity index (χ3n) is 3.36. The maximum atomic E-state index is 12.3. The number of methoxy groups -OCH3 is 1. The van der Waals surface area contributed by atoms with Crippen LogP contribution in [0.2, 0.25) is 0 Å². The van der Waals surface area contributed by atoms with E-state index in [1.54, 1.807) is 39.2 Å². The van der Waals surface area contributed by atoms with E-state index in [4.69, 9.17) is 4.74 Å². The fourth-order valence-corrected chi connectivity index (χ4v) is 2.45. The molecule has 1 aliphatic heterocycles. The standard InChI is InChI=1S/C14H17NO4/c1-8(2)12(14(17)18)15-7-9-6-10(19-3)4-5-11(9)13(15)16/h4-6,8,12H,7H2,1-3H3,(H,17,18)/t12-/m1/s1. The molecule has 1 N–H and O–H groups in total. The number of carbonyl (C=O) groups excluding carboxylic acids is 1. The molecule has 0 fully saturated rings. The molecule has 0 radical (unpaired) electrons. The predicted octanol–water partition coefficient (Wildman–Crippen LogP) is 1.76. The molecule has 0 aromatic heterocycles. The monoisotopic (exact) mass is 263 g/mol. The molecule has 0 spiro atoms. The first-order valence-electron chi connectivity index (χ1n) is 6.16. The molecular weight excluding hydrogens is 246 g/mol. The minimum Gasteiger partial charge on any atom is -0.497 e. The van der Waals surface area contributed by atoms with Gasteiger partial charge in [0.1, 0.15) is 11.8 Å². The van der Waals surface area contributed by atoms with Crippen LogP contribution in [-0.2, 0) is 11.3 Å². The van der Waals surface area contributed by atoms with Gasteiger partial charge < -0.3 is 14.7 Å². The lowest BCUT2D eigenvalue weighted by Crippen LogP contribution is -2.44. The number of hydrogen-bond acceptors (Lipinski definition) is 3. The number of hydrogen-bond donors (Lipinski definition) is 1. The molecule has 5 heteroatoms. The SMILES string of the molecule is COc1ccc2c(c1)CN([C@@H](C(=O)O)C(C)C)C2=O. The molecule has 1 aromatic carbocycles. The van der Waals surface area contributed by atoms with E-state index in [1.165, 1.54) is 4.90 Å². The van der Waals surface area contributed by atoms with Crippen LogP contribution in [0.25, 0.3) is 0 Å². The van der Waals surface area contributed by atoms with Gasteiger partial charge >= 0.3 is 5.97 Å². The van der Waals surface area contributed by atoms with Crippen LogP contribution in [0, 0.1) is 5.92 Å². The van der Waals surface area contributed by atoms with Crippen LogP contribution in [-0.4, -0.2) is 35.0 Å². The average Bonchev–Trinajstić information content (AvgIpc) is 2.65. The van der Waals surface area contributed by atoms with E-state index in [-0.39, 0.29) is 11.8 Å². The van der Waals surface area contributed by atoms with Crippen molar-refractivity contribution in [3.8, 4) is 5.75 Å². The Morgan fingerprint density at radius 3 is 2.63 bits per heavy atom. The van der Waals surface area contributed by atoms with Gasteiger partial charge in [0.15, 0.2) is 0 Å². The van der Waals surface area contributed by atoms with Gasteiger partial charge in [0.25, 0.3) is 5.91 Å². The van der Waals surface area contributed by atoms with Crippen molar-refractivity contribution in [3.63, 3.8) is 0 Å². The molecule has 1 atom stereocenters. The van der Waals surface area contributed by atoms with Crippen LogP contribution in [0.4, 0.5) is 0 Å².